The van der Waals surface area contributed by atoms with Gasteiger partial charge in [0.05, 0.1) is 18.8 Å². The molecule has 1 saturated heterocycles. The molecule has 0 spiro atoms. The van der Waals surface area contributed by atoms with Crippen LogP contribution in [0.5, 0.6) is 0 Å². The van der Waals surface area contributed by atoms with E-state index in [2.05, 4.69) is 61.1 Å². The van der Waals surface area contributed by atoms with Gasteiger partial charge in [-0.15, -0.1) is 0 Å². The maximum atomic E-state index is 10.5. The number of rotatable bonds is 16. The summed E-state index contributed by atoms with van der Waals surface area (Å²) in [6, 6.07) is 0. The Morgan fingerprint density at radius 1 is 1.25 bits per heavy atom. The van der Waals surface area contributed by atoms with Crippen LogP contribution in [0.4, 0.5) is 0 Å². The summed E-state index contributed by atoms with van der Waals surface area (Å²) < 4.78 is 29.4. The number of allylic oxidation sites excluding steroid dienone is 6. The van der Waals surface area contributed by atoms with Crippen molar-refractivity contribution in [3.05, 3.63) is 60.1 Å². The van der Waals surface area contributed by atoms with Crippen molar-refractivity contribution in [2.24, 2.45) is 5.92 Å². The molecule has 1 aliphatic rings. The van der Waals surface area contributed by atoms with Gasteiger partial charge in [0, 0.05) is 26.4 Å². The standard InChI is InChI=1S/C32H48N2O6/c1-7-9-16-39-32(5)20-25(35)18-26(40-32)19-29(36-6)27-21-38-31(34-27)28-22-37-30(33-28)15-12-10-11-14-24(4)17-23(3)13-8-2/h8,10-11,13,17,21-23,25-26,29,35H,7,9,12,14-16,18-20H2,1-6H3/b11-10+,13-8+,24-17-/t23?,25-,26-,29?,32-/m0/s1. The molecule has 0 aromatic carbocycles. The van der Waals surface area contributed by atoms with Crippen LogP contribution in [0.1, 0.15) is 97.3 Å². The van der Waals surface area contributed by atoms with Crippen LogP contribution in [-0.2, 0) is 20.6 Å². The molecule has 0 saturated carbocycles. The van der Waals surface area contributed by atoms with E-state index in [4.69, 9.17) is 23.0 Å². The summed E-state index contributed by atoms with van der Waals surface area (Å²) in [7, 11) is 1.64. The third kappa shape index (κ3) is 10.1. The van der Waals surface area contributed by atoms with Gasteiger partial charge >= 0.3 is 0 Å². The first-order valence-corrected chi connectivity index (χ1v) is 14.6. The van der Waals surface area contributed by atoms with Crippen LogP contribution in [0.2, 0.25) is 0 Å². The van der Waals surface area contributed by atoms with Crippen molar-refractivity contribution < 1.29 is 28.2 Å². The Hall–Kier alpha value is -2.52. The smallest absolute Gasteiger partial charge is 0.248 e. The Balaban J connectivity index is 1.52. The first-order chi connectivity index (χ1) is 19.2. The van der Waals surface area contributed by atoms with Gasteiger partial charge in [-0.05, 0) is 52.4 Å². The molecule has 8 nitrogen and oxygen atoms in total. The molecule has 40 heavy (non-hydrogen) atoms. The molecule has 2 unspecified atom stereocenters. The van der Waals surface area contributed by atoms with E-state index in [1.54, 1.807) is 19.6 Å². The molecule has 1 aliphatic heterocycles. The molecule has 222 valence electrons. The van der Waals surface area contributed by atoms with Crippen LogP contribution < -0.4 is 0 Å². The lowest BCUT2D eigenvalue weighted by Crippen LogP contribution is -2.46. The molecule has 0 amide bonds. The van der Waals surface area contributed by atoms with Gasteiger partial charge in [0.25, 0.3) is 0 Å². The second kappa shape index (κ2) is 16.1. The van der Waals surface area contributed by atoms with Gasteiger partial charge in [-0.25, -0.2) is 9.97 Å². The van der Waals surface area contributed by atoms with E-state index < -0.39 is 11.9 Å². The normalized spacial score (nSPS) is 23.8. The van der Waals surface area contributed by atoms with Crippen molar-refractivity contribution in [2.75, 3.05) is 13.7 Å². The zero-order valence-corrected chi connectivity index (χ0v) is 25.1. The molecular formula is C32H48N2O6. The molecule has 0 bridgehead atoms. The van der Waals surface area contributed by atoms with Crippen molar-refractivity contribution in [2.45, 2.75) is 110 Å². The Labute approximate surface area is 239 Å². The zero-order valence-electron chi connectivity index (χ0n) is 25.1. The van der Waals surface area contributed by atoms with Gasteiger partial charge in [0.1, 0.15) is 24.3 Å². The maximum Gasteiger partial charge on any atom is 0.248 e. The Morgan fingerprint density at radius 3 is 2.83 bits per heavy atom. The number of hydrogen-bond acceptors (Lipinski definition) is 8. The quantitative estimate of drug-likeness (QED) is 0.167. The summed E-state index contributed by atoms with van der Waals surface area (Å²) in [4.78, 5) is 9.18. The summed E-state index contributed by atoms with van der Waals surface area (Å²) in [6.45, 7) is 11.0. The monoisotopic (exact) mass is 556 g/mol. The molecule has 1 fully saturated rings. The highest BCUT2D eigenvalue weighted by Crippen LogP contribution is 2.35. The van der Waals surface area contributed by atoms with Gasteiger partial charge in [0.15, 0.2) is 17.4 Å². The number of aliphatic hydroxyl groups is 1. The predicted octanol–water partition coefficient (Wildman–Crippen LogP) is 7.52. The average Bonchev–Trinajstić information content (AvgIpc) is 3.57. The van der Waals surface area contributed by atoms with Crippen LogP contribution in [0, 0.1) is 5.92 Å². The number of oxazole rings is 2. The van der Waals surface area contributed by atoms with Crippen LogP contribution in [0.25, 0.3) is 11.6 Å². The first-order valence-electron chi connectivity index (χ1n) is 14.6. The number of ether oxygens (including phenoxy) is 3. The van der Waals surface area contributed by atoms with Gasteiger partial charge in [-0.2, -0.15) is 0 Å². The van der Waals surface area contributed by atoms with Crippen molar-refractivity contribution >= 4 is 0 Å². The summed E-state index contributed by atoms with van der Waals surface area (Å²) in [5.41, 5.74) is 2.56. The van der Waals surface area contributed by atoms with Crippen LogP contribution in [-0.4, -0.2) is 46.8 Å². The van der Waals surface area contributed by atoms with Crippen molar-refractivity contribution in [1.29, 1.82) is 0 Å². The van der Waals surface area contributed by atoms with E-state index in [0.29, 0.717) is 61.4 Å². The number of aromatic nitrogens is 2. The van der Waals surface area contributed by atoms with Crippen LogP contribution in [0.3, 0.4) is 0 Å². The van der Waals surface area contributed by atoms with Crippen molar-refractivity contribution in [1.82, 2.24) is 9.97 Å². The topological polar surface area (TPSA) is 100.0 Å². The summed E-state index contributed by atoms with van der Waals surface area (Å²) >= 11 is 0. The molecule has 8 heteroatoms. The van der Waals surface area contributed by atoms with Gasteiger partial charge in [-0.1, -0.05) is 56.2 Å². The van der Waals surface area contributed by atoms with Crippen LogP contribution >= 0.6 is 0 Å². The minimum Gasteiger partial charge on any atom is -0.448 e. The fraction of sp³-hybridized carbons (Fsp3) is 0.625. The van der Waals surface area contributed by atoms with E-state index in [1.165, 1.54) is 5.57 Å². The molecule has 1 N–H and O–H groups in total. The minimum atomic E-state index is -0.808. The summed E-state index contributed by atoms with van der Waals surface area (Å²) in [5.74, 6) is 0.676. The molecule has 2 aromatic heterocycles. The Morgan fingerprint density at radius 2 is 2.08 bits per heavy atom. The van der Waals surface area contributed by atoms with E-state index in [1.807, 2.05) is 13.8 Å². The molecule has 0 radical (unpaired) electrons. The fourth-order valence-corrected chi connectivity index (χ4v) is 5.06. The zero-order chi connectivity index (χ0) is 29.0. The van der Waals surface area contributed by atoms with Gasteiger partial charge in [0.2, 0.25) is 5.89 Å². The lowest BCUT2D eigenvalue weighted by molar-refractivity contribution is -0.289. The highest BCUT2D eigenvalue weighted by atomic mass is 16.7. The molecule has 2 aromatic rings. The molecule has 0 aliphatic carbocycles. The maximum absolute atomic E-state index is 10.5. The van der Waals surface area contributed by atoms with Crippen molar-refractivity contribution in [3.8, 4) is 11.6 Å². The van der Waals surface area contributed by atoms with Crippen molar-refractivity contribution in [3.63, 3.8) is 0 Å². The van der Waals surface area contributed by atoms with E-state index >= 15 is 0 Å². The number of nitrogens with zero attached hydrogens (tertiary/aromatic N) is 2. The van der Waals surface area contributed by atoms with Gasteiger partial charge in [-0.3, -0.25) is 0 Å². The Kier molecular flexibility index (Phi) is 12.8. The number of methoxy groups -OCH3 is 1. The Bertz CT molecular complexity index is 1100. The van der Waals surface area contributed by atoms with E-state index in [-0.39, 0.29) is 12.2 Å². The molecule has 3 heterocycles. The number of aryl methyl sites for hydroxylation is 1. The molecule has 3 rings (SSSR count). The molecule has 5 atom stereocenters. The second-order valence-corrected chi connectivity index (χ2v) is 10.9. The number of aliphatic hydroxyl groups excluding tert-OH is 1. The van der Waals surface area contributed by atoms with Crippen LogP contribution in [0.15, 0.2) is 57.3 Å². The van der Waals surface area contributed by atoms with Gasteiger partial charge < -0.3 is 28.2 Å². The first kappa shape index (κ1) is 32.0. The average molecular weight is 557 g/mol. The summed E-state index contributed by atoms with van der Waals surface area (Å²) in [6.07, 6.45) is 19.0. The largest absolute Gasteiger partial charge is 0.448 e. The van der Waals surface area contributed by atoms with E-state index in [9.17, 15) is 5.11 Å². The lowest BCUT2D eigenvalue weighted by Gasteiger charge is -2.41. The fourth-order valence-electron chi connectivity index (χ4n) is 5.06. The lowest BCUT2D eigenvalue weighted by atomic mass is 9.95. The predicted molar refractivity (Wildman–Crippen MR) is 156 cm³/mol. The third-order valence-electron chi connectivity index (χ3n) is 7.02. The summed E-state index contributed by atoms with van der Waals surface area (Å²) in [5, 5.41) is 10.5. The third-order valence-corrected chi connectivity index (χ3v) is 7.02. The second-order valence-electron chi connectivity index (χ2n) is 10.9. The number of hydrogen-bond donors (Lipinski definition) is 1. The SMILES string of the molecule is C/C=C/C(C)/C=C(/C)C/C=C/CCc1nc(-c2nc(C(C[C@@H]3C[C@H](O)C[C@@](C)(OCCCC)O3)OC)co2)co1. The molecular weight excluding hydrogens is 508 g/mol. The highest BCUT2D eigenvalue weighted by molar-refractivity contribution is 5.44. The minimum absolute atomic E-state index is 0.233. The van der Waals surface area contributed by atoms with E-state index in [0.717, 1.165) is 25.7 Å². The highest BCUT2D eigenvalue weighted by Gasteiger charge is 2.39. The number of unbranched alkanes of at least 4 members (excludes halogenated alkanes) is 1.